The van der Waals surface area contributed by atoms with Crippen LogP contribution in [0.5, 0.6) is 0 Å². The van der Waals surface area contributed by atoms with Crippen molar-refractivity contribution >= 4 is 38.4 Å². The van der Waals surface area contributed by atoms with Crippen molar-refractivity contribution in [1.82, 2.24) is 14.5 Å². The number of halogens is 2. The van der Waals surface area contributed by atoms with E-state index in [1.807, 2.05) is 6.92 Å². The molecule has 2 heterocycles. The van der Waals surface area contributed by atoms with Crippen LogP contribution < -0.4 is 5.56 Å². The number of aromatic nitrogens is 3. The average molecular weight is 289 g/mol. The van der Waals surface area contributed by atoms with E-state index >= 15 is 0 Å². The monoisotopic (exact) mass is 287 g/mol. The van der Waals surface area contributed by atoms with E-state index in [2.05, 4.69) is 25.9 Å². The number of pyridine rings is 1. The zero-order chi connectivity index (χ0) is 11.0. The Morgan fingerprint density at radius 3 is 2.93 bits per heavy atom. The van der Waals surface area contributed by atoms with Crippen molar-refractivity contribution in [2.24, 2.45) is 0 Å². The second-order valence-electron chi connectivity index (χ2n) is 2.96. The molecule has 0 fully saturated rings. The first-order valence-corrected chi connectivity index (χ1v) is 5.51. The molecule has 0 aliphatic rings. The van der Waals surface area contributed by atoms with Crippen LogP contribution in [-0.2, 0) is 6.54 Å². The minimum Gasteiger partial charge on any atom is -0.299 e. The summed E-state index contributed by atoms with van der Waals surface area (Å²) in [5, 5.41) is 0.545. The minimum atomic E-state index is -0.165. The van der Waals surface area contributed by atoms with Gasteiger partial charge in [0.25, 0.3) is 5.56 Å². The van der Waals surface area contributed by atoms with E-state index in [0.717, 1.165) is 0 Å². The molecule has 0 spiro atoms. The zero-order valence-corrected chi connectivity index (χ0v) is 10.2. The van der Waals surface area contributed by atoms with Crippen LogP contribution in [0.2, 0.25) is 5.15 Å². The van der Waals surface area contributed by atoms with Gasteiger partial charge in [0.2, 0.25) is 0 Å². The minimum absolute atomic E-state index is 0.165. The summed E-state index contributed by atoms with van der Waals surface area (Å²) in [5.41, 5.74) is 0.381. The molecule has 0 bridgehead atoms. The van der Waals surface area contributed by atoms with E-state index in [4.69, 9.17) is 11.6 Å². The third-order valence-electron chi connectivity index (χ3n) is 2.10. The Hall–Kier alpha value is -0.940. The standard InChI is InChI=1S/C9H7BrClN3O/c1-2-14-4-13-7-5(10)3-12-8(11)6(7)9(14)15/h3-4H,2H2,1H3. The fraction of sp³-hybridized carbons (Fsp3) is 0.222. The number of hydrogen-bond donors (Lipinski definition) is 0. The summed E-state index contributed by atoms with van der Waals surface area (Å²) in [7, 11) is 0. The highest BCUT2D eigenvalue weighted by molar-refractivity contribution is 9.10. The Kier molecular flexibility index (Phi) is 2.75. The molecule has 2 rings (SSSR count). The normalized spacial score (nSPS) is 10.9. The fourth-order valence-corrected chi connectivity index (χ4v) is 1.94. The quantitative estimate of drug-likeness (QED) is 0.756. The summed E-state index contributed by atoms with van der Waals surface area (Å²) in [5.74, 6) is 0. The summed E-state index contributed by atoms with van der Waals surface area (Å²) in [6, 6.07) is 0. The number of rotatable bonds is 1. The molecule has 6 heteroatoms. The average Bonchev–Trinajstić information content (AvgIpc) is 2.23. The molecule has 0 aliphatic heterocycles. The van der Waals surface area contributed by atoms with Gasteiger partial charge in [-0.2, -0.15) is 0 Å². The van der Waals surface area contributed by atoms with Crippen LogP contribution in [-0.4, -0.2) is 14.5 Å². The zero-order valence-electron chi connectivity index (χ0n) is 7.87. The summed E-state index contributed by atoms with van der Waals surface area (Å²) in [6.07, 6.45) is 3.04. The van der Waals surface area contributed by atoms with Gasteiger partial charge in [0, 0.05) is 12.7 Å². The molecule has 15 heavy (non-hydrogen) atoms. The lowest BCUT2D eigenvalue weighted by Gasteiger charge is -2.04. The molecule has 0 radical (unpaired) electrons. The van der Waals surface area contributed by atoms with Gasteiger partial charge in [-0.15, -0.1) is 0 Å². The Balaban J connectivity index is 2.99. The van der Waals surface area contributed by atoms with Crippen molar-refractivity contribution in [3.63, 3.8) is 0 Å². The third kappa shape index (κ3) is 1.66. The van der Waals surface area contributed by atoms with Gasteiger partial charge in [-0.3, -0.25) is 9.36 Å². The molecule has 0 aliphatic carbocycles. The molecular formula is C9H7BrClN3O. The maximum absolute atomic E-state index is 11.9. The van der Waals surface area contributed by atoms with Gasteiger partial charge < -0.3 is 0 Å². The van der Waals surface area contributed by atoms with E-state index in [0.29, 0.717) is 21.9 Å². The van der Waals surface area contributed by atoms with Gasteiger partial charge in [-0.05, 0) is 22.9 Å². The molecule has 0 unspecified atom stereocenters. The number of fused-ring (bicyclic) bond motifs is 1. The van der Waals surface area contributed by atoms with Crippen molar-refractivity contribution in [3.05, 3.63) is 32.5 Å². The van der Waals surface area contributed by atoms with Crippen LogP contribution in [0, 0.1) is 0 Å². The summed E-state index contributed by atoms with van der Waals surface area (Å²) in [4.78, 5) is 20.0. The lowest BCUT2D eigenvalue weighted by Crippen LogP contribution is -2.20. The summed E-state index contributed by atoms with van der Waals surface area (Å²) >= 11 is 9.16. The van der Waals surface area contributed by atoms with Crippen LogP contribution >= 0.6 is 27.5 Å². The fourth-order valence-electron chi connectivity index (χ4n) is 1.32. The van der Waals surface area contributed by atoms with Gasteiger partial charge in [0.1, 0.15) is 10.5 Å². The predicted octanol–water partition coefficient (Wildman–Crippen LogP) is 2.23. The van der Waals surface area contributed by atoms with Crippen LogP contribution in [0.15, 0.2) is 21.8 Å². The van der Waals surface area contributed by atoms with E-state index in [1.54, 1.807) is 0 Å². The van der Waals surface area contributed by atoms with Gasteiger partial charge in [0.05, 0.1) is 16.3 Å². The van der Waals surface area contributed by atoms with Crippen molar-refractivity contribution in [3.8, 4) is 0 Å². The molecule has 0 saturated heterocycles. The van der Waals surface area contributed by atoms with E-state index < -0.39 is 0 Å². The molecule has 4 nitrogen and oxygen atoms in total. The van der Waals surface area contributed by atoms with Gasteiger partial charge in [-0.1, -0.05) is 11.6 Å². The largest absolute Gasteiger partial charge is 0.299 e. The number of hydrogen-bond acceptors (Lipinski definition) is 3. The molecule has 78 valence electrons. The van der Waals surface area contributed by atoms with Gasteiger partial charge in [-0.25, -0.2) is 9.97 Å². The van der Waals surface area contributed by atoms with Crippen molar-refractivity contribution in [1.29, 1.82) is 0 Å². The maximum Gasteiger partial charge on any atom is 0.264 e. The SMILES string of the molecule is CCn1cnc2c(Br)cnc(Cl)c2c1=O. The first kappa shape index (κ1) is 10.6. The Morgan fingerprint density at radius 2 is 2.27 bits per heavy atom. The summed E-state index contributed by atoms with van der Waals surface area (Å²) in [6.45, 7) is 2.43. The van der Waals surface area contributed by atoms with Crippen molar-refractivity contribution in [2.45, 2.75) is 13.5 Å². The highest BCUT2D eigenvalue weighted by Gasteiger charge is 2.10. The first-order valence-electron chi connectivity index (χ1n) is 4.34. The van der Waals surface area contributed by atoms with Gasteiger partial charge in [0.15, 0.2) is 0 Å². The molecule has 0 N–H and O–H groups in total. The third-order valence-corrected chi connectivity index (χ3v) is 2.97. The Bertz CT molecular complexity index is 581. The topological polar surface area (TPSA) is 47.8 Å². The van der Waals surface area contributed by atoms with Crippen LogP contribution in [0.25, 0.3) is 10.9 Å². The van der Waals surface area contributed by atoms with Crippen LogP contribution in [0.3, 0.4) is 0 Å². The van der Waals surface area contributed by atoms with Crippen LogP contribution in [0.1, 0.15) is 6.92 Å². The van der Waals surface area contributed by atoms with Crippen molar-refractivity contribution in [2.75, 3.05) is 0 Å². The molecule has 2 aromatic rings. The number of nitrogens with zero attached hydrogens (tertiary/aromatic N) is 3. The van der Waals surface area contributed by atoms with E-state index in [9.17, 15) is 4.79 Å². The Labute approximate surface area is 99.0 Å². The smallest absolute Gasteiger partial charge is 0.264 e. The number of aryl methyl sites for hydroxylation is 1. The molecule has 0 aromatic carbocycles. The molecule has 0 atom stereocenters. The van der Waals surface area contributed by atoms with E-state index in [-0.39, 0.29) is 10.7 Å². The second-order valence-corrected chi connectivity index (χ2v) is 4.17. The molecule has 0 saturated carbocycles. The predicted molar refractivity (Wildman–Crippen MR) is 62.2 cm³/mol. The lowest BCUT2D eigenvalue weighted by atomic mass is 10.3. The van der Waals surface area contributed by atoms with Crippen LogP contribution in [0.4, 0.5) is 0 Å². The molecule has 0 amide bonds. The van der Waals surface area contributed by atoms with Crippen molar-refractivity contribution < 1.29 is 0 Å². The summed E-state index contributed by atoms with van der Waals surface area (Å²) < 4.78 is 2.16. The van der Waals surface area contributed by atoms with Gasteiger partial charge >= 0.3 is 0 Å². The molecule has 2 aromatic heterocycles. The maximum atomic E-state index is 11.9. The molecular weight excluding hydrogens is 281 g/mol. The Morgan fingerprint density at radius 1 is 1.53 bits per heavy atom. The highest BCUT2D eigenvalue weighted by atomic mass is 79.9. The first-order chi connectivity index (χ1) is 7.15. The highest BCUT2D eigenvalue weighted by Crippen LogP contribution is 2.22. The second kappa shape index (κ2) is 3.90. The van der Waals surface area contributed by atoms with E-state index in [1.165, 1.54) is 17.1 Å². The lowest BCUT2D eigenvalue weighted by molar-refractivity contribution is 0.717.